The number of hydrogen-bond acceptors (Lipinski definition) is 1. The van der Waals surface area contributed by atoms with E-state index in [1.165, 1.54) is 31.4 Å². The van der Waals surface area contributed by atoms with Gasteiger partial charge in [0.2, 0.25) is 0 Å². The molecule has 0 saturated heterocycles. The van der Waals surface area contributed by atoms with Gasteiger partial charge < -0.3 is 4.98 Å². The summed E-state index contributed by atoms with van der Waals surface area (Å²) in [4.78, 5) is 15.1. The Labute approximate surface area is 101 Å². The largest absolute Gasteiger partial charge is 0.358 e. The molecular formula is C15H17NO. The van der Waals surface area contributed by atoms with E-state index in [4.69, 9.17) is 0 Å². The Bertz CT molecular complexity index is 561. The molecule has 1 heterocycles. The Morgan fingerprint density at radius 3 is 2.76 bits per heavy atom. The fourth-order valence-electron chi connectivity index (χ4n) is 2.94. The molecule has 1 saturated carbocycles. The zero-order valence-corrected chi connectivity index (χ0v) is 10.1. The predicted molar refractivity (Wildman–Crippen MR) is 69.5 cm³/mol. The maximum absolute atomic E-state index is 11.6. The van der Waals surface area contributed by atoms with Crippen LogP contribution in [0.2, 0.25) is 0 Å². The van der Waals surface area contributed by atoms with Crippen LogP contribution in [0.5, 0.6) is 0 Å². The molecule has 2 heteroatoms. The second-order valence-electron chi connectivity index (χ2n) is 5.03. The monoisotopic (exact) mass is 227 g/mol. The third kappa shape index (κ3) is 1.78. The molecule has 0 spiro atoms. The van der Waals surface area contributed by atoms with E-state index in [0.717, 1.165) is 16.5 Å². The Kier molecular flexibility index (Phi) is 2.50. The molecule has 88 valence electrons. The first-order valence-electron chi connectivity index (χ1n) is 6.38. The first kappa shape index (κ1) is 10.6. The predicted octanol–water partition coefficient (Wildman–Crippen LogP) is 4.03. The van der Waals surface area contributed by atoms with Gasteiger partial charge in [0.25, 0.3) is 0 Å². The number of carbonyl (C=O) groups is 1. The Balaban J connectivity index is 2.11. The first-order valence-corrected chi connectivity index (χ1v) is 6.38. The van der Waals surface area contributed by atoms with E-state index < -0.39 is 0 Å². The summed E-state index contributed by atoms with van der Waals surface area (Å²) < 4.78 is 0. The molecule has 2 aromatic rings. The Morgan fingerprint density at radius 1 is 1.29 bits per heavy atom. The van der Waals surface area contributed by atoms with Crippen molar-refractivity contribution < 1.29 is 4.79 Å². The van der Waals surface area contributed by atoms with Gasteiger partial charge in [-0.25, -0.2) is 0 Å². The van der Waals surface area contributed by atoms with Crippen LogP contribution in [0.3, 0.4) is 0 Å². The summed E-state index contributed by atoms with van der Waals surface area (Å²) in [5, 5.41) is 1.09. The zero-order chi connectivity index (χ0) is 11.8. The minimum absolute atomic E-state index is 0.146. The lowest BCUT2D eigenvalue weighted by Crippen LogP contribution is -1.91. The molecule has 0 unspecified atom stereocenters. The third-order valence-corrected chi connectivity index (χ3v) is 3.86. The van der Waals surface area contributed by atoms with Crippen LogP contribution in [0.15, 0.2) is 24.3 Å². The first-order chi connectivity index (χ1) is 8.25. The van der Waals surface area contributed by atoms with Crippen LogP contribution in [0.25, 0.3) is 10.9 Å². The van der Waals surface area contributed by atoms with Crippen LogP contribution in [-0.4, -0.2) is 10.8 Å². The highest BCUT2D eigenvalue weighted by Gasteiger charge is 2.19. The number of fused-ring (bicyclic) bond motifs is 1. The molecule has 1 aliphatic carbocycles. The van der Waals surface area contributed by atoms with E-state index in [-0.39, 0.29) is 5.78 Å². The molecule has 17 heavy (non-hydrogen) atoms. The summed E-state index contributed by atoms with van der Waals surface area (Å²) in [6.45, 7) is 1.64. The summed E-state index contributed by atoms with van der Waals surface area (Å²) in [6, 6.07) is 8.10. The minimum Gasteiger partial charge on any atom is -0.358 e. The molecule has 1 N–H and O–H groups in total. The lowest BCUT2D eigenvalue weighted by Gasteiger charge is -2.04. The van der Waals surface area contributed by atoms with Crippen molar-refractivity contribution in [1.82, 2.24) is 4.98 Å². The maximum Gasteiger partial charge on any atom is 0.160 e. The van der Waals surface area contributed by atoms with Crippen molar-refractivity contribution in [3.05, 3.63) is 35.5 Å². The van der Waals surface area contributed by atoms with E-state index in [0.29, 0.717) is 5.92 Å². The highest BCUT2D eigenvalue weighted by molar-refractivity contribution is 6.06. The van der Waals surface area contributed by atoms with Crippen molar-refractivity contribution in [2.24, 2.45) is 0 Å². The number of rotatable bonds is 2. The molecule has 0 atom stereocenters. The lowest BCUT2D eigenvalue weighted by atomic mass is 10.0. The Hall–Kier alpha value is -1.57. The van der Waals surface area contributed by atoms with Crippen molar-refractivity contribution in [2.75, 3.05) is 0 Å². The van der Waals surface area contributed by atoms with Crippen LogP contribution in [0.1, 0.15) is 54.6 Å². The summed E-state index contributed by atoms with van der Waals surface area (Å²) in [5.41, 5.74) is 3.24. The summed E-state index contributed by atoms with van der Waals surface area (Å²) in [6.07, 6.45) is 5.23. The van der Waals surface area contributed by atoms with Gasteiger partial charge in [0, 0.05) is 22.2 Å². The van der Waals surface area contributed by atoms with Crippen LogP contribution in [-0.2, 0) is 0 Å². The van der Waals surface area contributed by atoms with Gasteiger partial charge in [-0.1, -0.05) is 25.0 Å². The molecule has 1 fully saturated rings. The maximum atomic E-state index is 11.6. The van der Waals surface area contributed by atoms with E-state index in [1.54, 1.807) is 6.92 Å². The Morgan fingerprint density at radius 2 is 2.06 bits per heavy atom. The van der Waals surface area contributed by atoms with Crippen molar-refractivity contribution in [2.45, 2.75) is 38.5 Å². The fourth-order valence-corrected chi connectivity index (χ4v) is 2.94. The van der Waals surface area contributed by atoms with Crippen LogP contribution < -0.4 is 0 Å². The minimum atomic E-state index is 0.146. The second-order valence-corrected chi connectivity index (χ2v) is 5.03. The SMILES string of the molecule is CC(=O)c1cccc2[nH]c(C3CCCC3)cc12. The van der Waals surface area contributed by atoms with E-state index in [1.807, 2.05) is 12.1 Å². The van der Waals surface area contributed by atoms with Gasteiger partial charge in [-0.05, 0) is 37.8 Å². The van der Waals surface area contributed by atoms with E-state index in [9.17, 15) is 4.79 Å². The summed E-state index contributed by atoms with van der Waals surface area (Å²) >= 11 is 0. The van der Waals surface area contributed by atoms with Gasteiger partial charge in [0.05, 0.1) is 0 Å². The van der Waals surface area contributed by atoms with Crippen molar-refractivity contribution in [3.63, 3.8) is 0 Å². The quantitative estimate of drug-likeness (QED) is 0.772. The molecule has 0 bridgehead atoms. The number of carbonyl (C=O) groups excluding carboxylic acids is 1. The zero-order valence-electron chi connectivity index (χ0n) is 10.1. The molecule has 1 aliphatic rings. The number of nitrogens with one attached hydrogen (secondary N) is 1. The third-order valence-electron chi connectivity index (χ3n) is 3.86. The second kappa shape index (κ2) is 4.02. The van der Waals surface area contributed by atoms with E-state index in [2.05, 4.69) is 17.1 Å². The van der Waals surface area contributed by atoms with Crippen molar-refractivity contribution >= 4 is 16.7 Å². The van der Waals surface area contributed by atoms with E-state index >= 15 is 0 Å². The molecule has 2 nitrogen and oxygen atoms in total. The average Bonchev–Trinajstić information content (AvgIpc) is 2.96. The highest BCUT2D eigenvalue weighted by atomic mass is 16.1. The van der Waals surface area contributed by atoms with Crippen molar-refractivity contribution in [1.29, 1.82) is 0 Å². The van der Waals surface area contributed by atoms with Crippen LogP contribution >= 0.6 is 0 Å². The van der Waals surface area contributed by atoms with Crippen LogP contribution in [0, 0.1) is 0 Å². The number of benzene rings is 1. The van der Waals surface area contributed by atoms with Crippen molar-refractivity contribution in [3.8, 4) is 0 Å². The average molecular weight is 227 g/mol. The molecule has 0 aliphatic heterocycles. The molecule has 0 amide bonds. The van der Waals surface area contributed by atoms with Gasteiger partial charge in [0.1, 0.15) is 0 Å². The number of hydrogen-bond donors (Lipinski definition) is 1. The number of aromatic amines is 1. The number of aromatic nitrogens is 1. The van der Waals surface area contributed by atoms with Crippen LogP contribution in [0.4, 0.5) is 0 Å². The van der Waals surface area contributed by atoms with Gasteiger partial charge in [0.15, 0.2) is 5.78 Å². The molecule has 1 aromatic carbocycles. The fraction of sp³-hybridized carbons (Fsp3) is 0.400. The molecule has 0 radical (unpaired) electrons. The number of Topliss-reactive ketones (excluding diaryl/α,β-unsaturated/α-hetero) is 1. The summed E-state index contributed by atoms with van der Waals surface area (Å²) in [7, 11) is 0. The molecular weight excluding hydrogens is 210 g/mol. The standard InChI is InChI=1S/C15H17NO/c1-10(17)12-7-4-8-14-13(12)9-15(16-14)11-5-2-3-6-11/h4,7-9,11,16H,2-3,5-6H2,1H3. The van der Waals surface area contributed by atoms with Gasteiger partial charge >= 0.3 is 0 Å². The van der Waals surface area contributed by atoms with Gasteiger partial charge in [-0.3, -0.25) is 4.79 Å². The topological polar surface area (TPSA) is 32.9 Å². The molecule has 3 rings (SSSR count). The summed E-state index contributed by atoms with van der Waals surface area (Å²) in [5.74, 6) is 0.815. The van der Waals surface area contributed by atoms with Gasteiger partial charge in [-0.2, -0.15) is 0 Å². The smallest absolute Gasteiger partial charge is 0.160 e. The highest BCUT2D eigenvalue weighted by Crippen LogP contribution is 2.35. The number of H-pyrrole nitrogens is 1. The van der Waals surface area contributed by atoms with Gasteiger partial charge in [-0.15, -0.1) is 0 Å². The molecule has 1 aromatic heterocycles. The lowest BCUT2D eigenvalue weighted by molar-refractivity contribution is 0.101. The normalized spacial score (nSPS) is 16.8. The number of ketones is 1.